The Balaban J connectivity index is 2.36. The number of anilines is 2. The Morgan fingerprint density at radius 2 is 1.83 bits per heavy atom. The number of benzene rings is 1. The van der Waals surface area contributed by atoms with E-state index < -0.39 is 35.1 Å². The summed E-state index contributed by atoms with van der Waals surface area (Å²) >= 11 is 6.21. The van der Waals surface area contributed by atoms with Crippen LogP contribution in [-0.4, -0.2) is 59.8 Å². The Morgan fingerprint density at radius 3 is 2.36 bits per heavy atom. The van der Waals surface area contributed by atoms with Crippen LogP contribution in [0.2, 0.25) is 0 Å². The monoisotopic (exact) mass is 548 g/mol. The lowest BCUT2D eigenvalue weighted by molar-refractivity contribution is -0.384. The van der Waals surface area contributed by atoms with Gasteiger partial charge in [0.2, 0.25) is 0 Å². The van der Waals surface area contributed by atoms with Crippen molar-refractivity contribution < 1.29 is 37.2 Å². The Bertz CT molecular complexity index is 1170. The quantitative estimate of drug-likeness (QED) is 0.193. The highest BCUT2D eigenvalue weighted by Crippen LogP contribution is 2.35. The van der Waals surface area contributed by atoms with Gasteiger partial charge in [-0.25, -0.2) is 4.79 Å². The molecule has 1 aromatic carbocycles. The molecule has 0 atom stereocenters. The van der Waals surface area contributed by atoms with Gasteiger partial charge >= 0.3 is 12.1 Å². The highest BCUT2D eigenvalue weighted by atomic mass is 32.1. The van der Waals surface area contributed by atoms with E-state index in [0.717, 1.165) is 29.5 Å². The fourth-order valence-corrected chi connectivity index (χ4v) is 4.53. The molecule has 196 valence electrons. The number of thiocarbonyl (C=S) groups is 1. The fraction of sp³-hybridized carbons (Fsp3) is 0.381. The number of thiophene rings is 1. The Kier molecular flexibility index (Phi) is 9.58. The zero-order chi connectivity index (χ0) is 27.2. The first-order valence-corrected chi connectivity index (χ1v) is 11.6. The predicted molar refractivity (Wildman–Crippen MR) is 132 cm³/mol. The van der Waals surface area contributed by atoms with Gasteiger partial charge in [-0.3, -0.25) is 14.9 Å². The van der Waals surface area contributed by atoms with Gasteiger partial charge in [-0.05, 0) is 38.6 Å². The van der Waals surface area contributed by atoms with Gasteiger partial charge in [-0.2, -0.15) is 13.2 Å². The number of rotatable bonds is 9. The standard InChI is InChI=1S/C21H23F3N4O6S2/c1-5-27(6-2)18(29)16-11(3)15(19(30)33-4)17(36-16)26-20(35)25-12-7-13(28(31)32)9-14(8-12)34-10-21(22,23)24/h7-9H,5-6,10H2,1-4H3,(H2,25,26,35). The number of carbonyl (C=O) groups excluding carboxylic acids is 2. The lowest BCUT2D eigenvalue weighted by Crippen LogP contribution is -2.30. The normalized spacial score (nSPS) is 11.0. The van der Waals surface area contributed by atoms with Crippen LogP contribution in [0.25, 0.3) is 0 Å². The van der Waals surface area contributed by atoms with E-state index in [0.29, 0.717) is 23.5 Å². The molecule has 0 spiro atoms. The van der Waals surface area contributed by atoms with Crippen molar-refractivity contribution in [1.82, 2.24) is 4.90 Å². The zero-order valence-corrected chi connectivity index (χ0v) is 21.3. The summed E-state index contributed by atoms with van der Waals surface area (Å²) in [4.78, 5) is 37.6. The molecule has 1 heterocycles. The van der Waals surface area contributed by atoms with Crippen molar-refractivity contribution in [3.05, 3.63) is 44.3 Å². The molecule has 1 aromatic heterocycles. The molecular formula is C21H23F3N4O6S2. The number of amides is 1. The van der Waals surface area contributed by atoms with Crippen LogP contribution >= 0.6 is 23.6 Å². The number of hydrogen-bond acceptors (Lipinski definition) is 8. The number of non-ortho nitro benzene ring substituents is 1. The zero-order valence-electron chi connectivity index (χ0n) is 19.6. The maximum absolute atomic E-state index is 12.9. The van der Waals surface area contributed by atoms with Crippen molar-refractivity contribution in [3.63, 3.8) is 0 Å². The van der Waals surface area contributed by atoms with Crippen molar-refractivity contribution in [2.75, 3.05) is 37.4 Å². The first kappa shape index (κ1) is 28.8. The summed E-state index contributed by atoms with van der Waals surface area (Å²) in [7, 11) is 1.18. The molecule has 2 aromatic rings. The average Bonchev–Trinajstić information content (AvgIpc) is 3.12. The lowest BCUT2D eigenvalue weighted by Gasteiger charge is -2.18. The Labute approximate surface area is 213 Å². The van der Waals surface area contributed by atoms with Crippen LogP contribution in [0.1, 0.15) is 39.4 Å². The Hall–Kier alpha value is -3.46. The third-order valence-electron chi connectivity index (χ3n) is 4.77. The van der Waals surface area contributed by atoms with E-state index >= 15 is 0 Å². The van der Waals surface area contributed by atoms with Gasteiger partial charge in [0.05, 0.1) is 34.2 Å². The minimum Gasteiger partial charge on any atom is -0.484 e. The van der Waals surface area contributed by atoms with Crippen LogP contribution in [0.3, 0.4) is 0 Å². The van der Waals surface area contributed by atoms with Crippen molar-refractivity contribution in [2.45, 2.75) is 26.9 Å². The second-order valence-electron chi connectivity index (χ2n) is 7.19. The number of nitrogens with one attached hydrogen (secondary N) is 2. The van der Waals surface area contributed by atoms with Crippen LogP contribution in [0.5, 0.6) is 5.75 Å². The van der Waals surface area contributed by atoms with Gasteiger partial charge in [0.25, 0.3) is 11.6 Å². The summed E-state index contributed by atoms with van der Waals surface area (Å²) in [6.07, 6.45) is -4.64. The van der Waals surface area contributed by atoms with E-state index in [-0.39, 0.29) is 27.3 Å². The van der Waals surface area contributed by atoms with E-state index in [2.05, 4.69) is 15.4 Å². The van der Waals surface area contributed by atoms with Crippen LogP contribution in [0.4, 0.5) is 29.5 Å². The molecule has 2 N–H and O–H groups in total. The lowest BCUT2D eigenvalue weighted by atomic mass is 10.1. The first-order chi connectivity index (χ1) is 16.8. The largest absolute Gasteiger partial charge is 0.484 e. The minimum absolute atomic E-state index is 0.0359. The molecule has 10 nitrogen and oxygen atoms in total. The molecular weight excluding hydrogens is 525 g/mol. The number of carbonyl (C=O) groups is 2. The van der Waals surface area contributed by atoms with Gasteiger partial charge in [0.15, 0.2) is 11.7 Å². The van der Waals surface area contributed by atoms with Crippen LogP contribution in [0, 0.1) is 17.0 Å². The number of nitrogens with zero attached hydrogens (tertiary/aromatic N) is 2. The highest BCUT2D eigenvalue weighted by Gasteiger charge is 2.29. The van der Waals surface area contributed by atoms with Gasteiger partial charge in [-0.1, -0.05) is 0 Å². The predicted octanol–water partition coefficient (Wildman–Crippen LogP) is 4.98. The topological polar surface area (TPSA) is 123 Å². The molecule has 0 saturated carbocycles. The molecule has 0 aliphatic carbocycles. The summed E-state index contributed by atoms with van der Waals surface area (Å²) in [5, 5.41) is 16.6. The van der Waals surface area contributed by atoms with E-state index in [1.807, 2.05) is 13.8 Å². The second-order valence-corrected chi connectivity index (χ2v) is 8.61. The van der Waals surface area contributed by atoms with E-state index in [1.54, 1.807) is 11.8 Å². The van der Waals surface area contributed by atoms with Crippen molar-refractivity contribution in [2.24, 2.45) is 0 Å². The molecule has 15 heteroatoms. The minimum atomic E-state index is -4.64. The third-order valence-corrected chi connectivity index (χ3v) is 6.17. The number of esters is 1. The molecule has 0 fully saturated rings. The molecule has 0 radical (unpaired) electrons. The first-order valence-electron chi connectivity index (χ1n) is 10.4. The summed E-state index contributed by atoms with van der Waals surface area (Å²) in [5.74, 6) is -1.41. The molecule has 36 heavy (non-hydrogen) atoms. The second kappa shape index (κ2) is 12.0. The van der Waals surface area contributed by atoms with Gasteiger partial charge in [0, 0.05) is 25.2 Å². The highest BCUT2D eigenvalue weighted by molar-refractivity contribution is 7.80. The fourth-order valence-electron chi connectivity index (χ4n) is 3.08. The van der Waals surface area contributed by atoms with E-state index in [1.165, 1.54) is 7.11 Å². The molecule has 2 rings (SSSR count). The summed E-state index contributed by atoms with van der Waals surface area (Å²) < 4.78 is 47.0. The van der Waals surface area contributed by atoms with Gasteiger partial charge in [0.1, 0.15) is 10.8 Å². The smallest absolute Gasteiger partial charge is 0.422 e. The molecule has 0 aliphatic rings. The van der Waals surface area contributed by atoms with Crippen molar-refractivity contribution in [1.29, 1.82) is 0 Å². The number of alkyl halides is 3. The van der Waals surface area contributed by atoms with E-state index in [4.69, 9.17) is 17.0 Å². The molecule has 0 unspecified atom stereocenters. The van der Waals surface area contributed by atoms with Crippen molar-refractivity contribution in [3.8, 4) is 5.75 Å². The van der Waals surface area contributed by atoms with Crippen LogP contribution in [-0.2, 0) is 4.74 Å². The number of hydrogen-bond donors (Lipinski definition) is 2. The van der Waals surface area contributed by atoms with Gasteiger partial charge in [-0.15, -0.1) is 11.3 Å². The number of methoxy groups -OCH3 is 1. The maximum atomic E-state index is 12.9. The molecule has 1 amide bonds. The average molecular weight is 549 g/mol. The maximum Gasteiger partial charge on any atom is 0.422 e. The Morgan fingerprint density at radius 1 is 1.19 bits per heavy atom. The number of nitro benzene ring substituents is 1. The van der Waals surface area contributed by atoms with E-state index in [9.17, 15) is 32.9 Å². The van der Waals surface area contributed by atoms with Gasteiger partial charge < -0.3 is 25.0 Å². The van der Waals surface area contributed by atoms with Crippen molar-refractivity contribution >= 4 is 56.9 Å². The molecule has 0 aliphatic heterocycles. The summed E-state index contributed by atoms with van der Waals surface area (Å²) in [6.45, 7) is 4.48. The summed E-state index contributed by atoms with van der Waals surface area (Å²) in [6, 6.07) is 2.99. The molecule has 0 saturated heterocycles. The molecule has 0 bridgehead atoms. The number of halogens is 3. The third kappa shape index (κ3) is 7.27. The van der Waals surface area contributed by atoms with Crippen LogP contribution < -0.4 is 15.4 Å². The number of nitro groups is 1. The summed E-state index contributed by atoms with van der Waals surface area (Å²) in [5.41, 5.74) is -0.108. The van der Waals surface area contributed by atoms with Crippen LogP contribution in [0.15, 0.2) is 18.2 Å². The number of ether oxygens (including phenoxy) is 2. The SMILES string of the molecule is CCN(CC)C(=O)c1sc(NC(=S)Nc2cc(OCC(F)(F)F)cc([N+](=O)[O-])c2)c(C(=O)OC)c1C.